The summed E-state index contributed by atoms with van der Waals surface area (Å²) in [5, 5.41) is 0. The zero-order valence-corrected chi connectivity index (χ0v) is 12.3. The van der Waals surface area contributed by atoms with Gasteiger partial charge in [0, 0.05) is 0 Å². The van der Waals surface area contributed by atoms with Gasteiger partial charge in [-0.2, -0.15) is 0 Å². The average Bonchev–Trinajstić information content (AvgIpc) is 2.40. The maximum absolute atomic E-state index is 2.29. The number of unbranched alkanes of at least 4 members (excludes halogenated alkanes) is 4. The molecule has 0 N–H and O–H groups in total. The highest BCUT2D eigenvalue weighted by molar-refractivity contribution is 5.15. The van der Waals surface area contributed by atoms with Crippen molar-refractivity contribution in [3.8, 4) is 0 Å². The van der Waals surface area contributed by atoms with Crippen LogP contribution in [0, 0.1) is 5.92 Å². The Labute approximate surface area is 114 Å². The summed E-state index contributed by atoms with van der Waals surface area (Å²) in [6.45, 7) is 4.59. The molecule has 0 aliphatic rings. The molecule has 0 atom stereocenters. The van der Waals surface area contributed by atoms with Crippen LogP contribution in [0.25, 0.3) is 0 Å². The fourth-order valence-corrected chi connectivity index (χ4v) is 2.66. The van der Waals surface area contributed by atoms with E-state index in [0.717, 1.165) is 5.92 Å². The smallest absolute Gasteiger partial charge is 0.0250 e. The molecule has 1 rings (SSSR count). The molecule has 1 aromatic carbocycles. The SMILES string of the molecule is CCCCCC(CCCCC)Cc1ccccc1. The molecule has 0 aromatic heterocycles. The van der Waals surface area contributed by atoms with Crippen LogP contribution < -0.4 is 0 Å². The van der Waals surface area contributed by atoms with Crippen LogP contribution in [0.5, 0.6) is 0 Å². The molecule has 18 heavy (non-hydrogen) atoms. The molecule has 0 amide bonds. The van der Waals surface area contributed by atoms with Crippen molar-refractivity contribution in [1.29, 1.82) is 0 Å². The highest BCUT2D eigenvalue weighted by atomic mass is 14.1. The summed E-state index contributed by atoms with van der Waals surface area (Å²) in [5.74, 6) is 0.908. The van der Waals surface area contributed by atoms with Gasteiger partial charge in [-0.3, -0.25) is 0 Å². The summed E-state index contributed by atoms with van der Waals surface area (Å²) in [4.78, 5) is 0. The maximum Gasteiger partial charge on any atom is -0.0250 e. The van der Waals surface area contributed by atoms with E-state index in [2.05, 4.69) is 44.2 Å². The van der Waals surface area contributed by atoms with Gasteiger partial charge >= 0.3 is 0 Å². The molecule has 0 aliphatic heterocycles. The molecule has 102 valence electrons. The molecule has 0 bridgehead atoms. The predicted molar refractivity (Wildman–Crippen MR) is 81.9 cm³/mol. The fourth-order valence-electron chi connectivity index (χ4n) is 2.66. The number of rotatable bonds is 10. The lowest BCUT2D eigenvalue weighted by Crippen LogP contribution is -2.05. The standard InChI is InChI=1S/C18H30/c1-3-5-8-12-17(13-9-6-4-2)16-18-14-10-7-11-15-18/h7,10-11,14-15,17H,3-6,8-9,12-13,16H2,1-2H3. The Morgan fingerprint density at radius 1 is 0.778 bits per heavy atom. The second kappa shape index (κ2) is 10.2. The lowest BCUT2D eigenvalue weighted by atomic mass is 9.89. The van der Waals surface area contributed by atoms with E-state index >= 15 is 0 Å². The predicted octanol–water partition coefficient (Wildman–Crippen LogP) is 6.01. The molecule has 0 nitrogen and oxygen atoms in total. The second-order valence-corrected chi connectivity index (χ2v) is 5.55. The number of hydrogen-bond acceptors (Lipinski definition) is 0. The van der Waals surface area contributed by atoms with Crippen LogP contribution in [0.15, 0.2) is 30.3 Å². The zero-order valence-electron chi connectivity index (χ0n) is 12.3. The third-order valence-electron chi connectivity index (χ3n) is 3.80. The minimum Gasteiger partial charge on any atom is -0.0654 e. The van der Waals surface area contributed by atoms with Gasteiger partial charge in [-0.15, -0.1) is 0 Å². The van der Waals surface area contributed by atoms with E-state index in [1.54, 1.807) is 0 Å². The van der Waals surface area contributed by atoms with Crippen LogP contribution in [-0.2, 0) is 6.42 Å². The Morgan fingerprint density at radius 3 is 1.83 bits per heavy atom. The fraction of sp³-hybridized carbons (Fsp3) is 0.667. The van der Waals surface area contributed by atoms with Crippen molar-refractivity contribution < 1.29 is 0 Å². The van der Waals surface area contributed by atoms with Gasteiger partial charge in [0.15, 0.2) is 0 Å². The van der Waals surface area contributed by atoms with E-state index in [-0.39, 0.29) is 0 Å². The Balaban J connectivity index is 2.37. The maximum atomic E-state index is 2.29. The molecule has 0 saturated carbocycles. The molecule has 0 unspecified atom stereocenters. The van der Waals surface area contributed by atoms with E-state index < -0.39 is 0 Å². The number of hydrogen-bond donors (Lipinski definition) is 0. The van der Waals surface area contributed by atoms with Crippen molar-refractivity contribution in [3.05, 3.63) is 35.9 Å². The summed E-state index contributed by atoms with van der Waals surface area (Å²) >= 11 is 0. The van der Waals surface area contributed by atoms with Crippen molar-refractivity contribution in [1.82, 2.24) is 0 Å². The van der Waals surface area contributed by atoms with Gasteiger partial charge in [0.2, 0.25) is 0 Å². The molecular weight excluding hydrogens is 216 g/mol. The van der Waals surface area contributed by atoms with Gasteiger partial charge in [0.25, 0.3) is 0 Å². The van der Waals surface area contributed by atoms with Crippen LogP contribution in [0.3, 0.4) is 0 Å². The zero-order chi connectivity index (χ0) is 13.1. The van der Waals surface area contributed by atoms with Gasteiger partial charge in [-0.25, -0.2) is 0 Å². The first kappa shape index (κ1) is 15.3. The van der Waals surface area contributed by atoms with E-state index in [4.69, 9.17) is 0 Å². The lowest BCUT2D eigenvalue weighted by molar-refractivity contribution is 0.408. The first-order chi connectivity index (χ1) is 8.86. The van der Waals surface area contributed by atoms with Crippen molar-refractivity contribution in [2.75, 3.05) is 0 Å². The van der Waals surface area contributed by atoms with Crippen LogP contribution in [0.1, 0.15) is 70.8 Å². The first-order valence-corrected chi connectivity index (χ1v) is 7.90. The largest absolute Gasteiger partial charge is 0.0654 e. The van der Waals surface area contributed by atoms with Crippen LogP contribution in [-0.4, -0.2) is 0 Å². The average molecular weight is 246 g/mol. The quantitative estimate of drug-likeness (QED) is 0.444. The second-order valence-electron chi connectivity index (χ2n) is 5.55. The van der Waals surface area contributed by atoms with Crippen molar-refractivity contribution in [2.45, 2.75) is 71.6 Å². The molecule has 0 saturated heterocycles. The van der Waals surface area contributed by atoms with E-state index in [1.807, 2.05) is 0 Å². The van der Waals surface area contributed by atoms with Crippen LogP contribution in [0.2, 0.25) is 0 Å². The van der Waals surface area contributed by atoms with Gasteiger partial charge in [-0.1, -0.05) is 95.5 Å². The summed E-state index contributed by atoms with van der Waals surface area (Å²) in [7, 11) is 0. The molecule has 0 radical (unpaired) electrons. The molecule has 0 heterocycles. The van der Waals surface area contributed by atoms with Crippen LogP contribution in [0.4, 0.5) is 0 Å². The monoisotopic (exact) mass is 246 g/mol. The van der Waals surface area contributed by atoms with Crippen molar-refractivity contribution in [3.63, 3.8) is 0 Å². The van der Waals surface area contributed by atoms with Gasteiger partial charge in [0.1, 0.15) is 0 Å². The third kappa shape index (κ3) is 6.83. The molecule has 0 aliphatic carbocycles. The minimum absolute atomic E-state index is 0.908. The normalized spacial score (nSPS) is 11.1. The summed E-state index contributed by atoms with van der Waals surface area (Å²) in [6.07, 6.45) is 12.4. The summed E-state index contributed by atoms with van der Waals surface area (Å²) < 4.78 is 0. The third-order valence-corrected chi connectivity index (χ3v) is 3.80. The van der Waals surface area contributed by atoms with Crippen molar-refractivity contribution >= 4 is 0 Å². The molecule has 1 aromatic rings. The van der Waals surface area contributed by atoms with Crippen LogP contribution >= 0.6 is 0 Å². The molecular formula is C18H30. The highest BCUT2D eigenvalue weighted by Gasteiger charge is 2.09. The van der Waals surface area contributed by atoms with E-state index in [0.29, 0.717) is 0 Å². The lowest BCUT2D eigenvalue weighted by Gasteiger charge is -2.16. The Bertz CT molecular complexity index is 265. The summed E-state index contributed by atoms with van der Waals surface area (Å²) in [6, 6.07) is 11.0. The molecule has 0 fully saturated rings. The van der Waals surface area contributed by atoms with Gasteiger partial charge in [-0.05, 0) is 17.9 Å². The van der Waals surface area contributed by atoms with Crippen molar-refractivity contribution in [2.24, 2.45) is 5.92 Å². The molecule has 0 spiro atoms. The Kier molecular flexibility index (Phi) is 8.63. The van der Waals surface area contributed by atoms with Gasteiger partial charge in [0.05, 0.1) is 0 Å². The molecule has 0 heteroatoms. The number of benzene rings is 1. The van der Waals surface area contributed by atoms with Gasteiger partial charge < -0.3 is 0 Å². The first-order valence-electron chi connectivity index (χ1n) is 7.90. The van der Waals surface area contributed by atoms with E-state index in [1.165, 1.54) is 63.4 Å². The highest BCUT2D eigenvalue weighted by Crippen LogP contribution is 2.22. The topological polar surface area (TPSA) is 0 Å². The summed E-state index contributed by atoms with van der Waals surface area (Å²) in [5.41, 5.74) is 1.52. The Hall–Kier alpha value is -0.780. The van der Waals surface area contributed by atoms with E-state index in [9.17, 15) is 0 Å². The minimum atomic E-state index is 0.908. The Morgan fingerprint density at radius 2 is 1.33 bits per heavy atom.